The summed E-state index contributed by atoms with van der Waals surface area (Å²) < 4.78 is 6.72. The van der Waals surface area contributed by atoms with Crippen molar-refractivity contribution in [2.24, 2.45) is 13.0 Å². The van der Waals surface area contributed by atoms with Crippen LogP contribution in [0.3, 0.4) is 0 Å². The monoisotopic (exact) mass is 228 g/mol. The molecule has 0 radical (unpaired) electrons. The molecule has 6 nitrogen and oxygen atoms in total. The van der Waals surface area contributed by atoms with E-state index < -0.39 is 0 Å². The Morgan fingerprint density at radius 2 is 2.60 bits per heavy atom. The van der Waals surface area contributed by atoms with Gasteiger partial charge in [0.05, 0.1) is 12.4 Å². The van der Waals surface area contributed by atoms with Crippen molar-refractivity contribution in [2.45, 2.75) is 11.6 Å². The first-order valence-electron chi connectivity index (χ1n) is 4.73. The number of Topliss-reactive ketones (excluding diaryl/α,β-unsaturated/α-hetero) is 1. The van der Waals surface area contributed by atoms with Crippen LogP contribution in [-0.4, -0.2) is 45.0 Å². The second kappa shape index (κ2) is 4.71. The molecule has 0 aliphatic carbocycles. The van der Waals surface area contributed by atoms with E-state index in [0.29, 0.717) is 24.1 Å². The Kier molecular flexibility index (Phi) is 3.32. The lowest BCUT2D eigenvalue weighted by Crippen LogP contribution is -2.16. The number of thioether (sulfide) groups is 1. The van der Waals surface area contributed by atoms with Crippen molar-refractivity contribution >= 4 is 17.5 Å². The fourth-order valence-corrected chi connectivity index (χ4v) is 2.21. The molecule has 0 saturated carbocycles. The van der Waals surface area contributed by atoms with E-state index in [-0.39, 0.29) is 11.7 Å². The fourth-order valence-electron chi connectivity index (χ4n) is 1.39. The quantitative estimate of drug-likeness (QED) is 0.671. The standard InChI is InChI=1S/C8H12N4O2S/c1-12-8(9-10-11-12)15-5-7(13)6-2-3-14-4-6/h6H,2-5H2,1H3. The van der Waals surface area contributed by atoms with Crippen molar-refractivity contribution in [3.63, 3.8) is 0 Å². The third kappa shape index (κ3) is 2.54. The van der Waals surface area contributed by atoms with Crippen LogP contribution in [0, 0.1) is 5.92 Å². The van der Waals surface area contributed by atoms with Crippen molar-refractivity contribution in [3.05, 3.63) is 0 Å². The van der Waals surface area contributed by atoms with Crippen molar-refractivity contribution < 1.29 is 9.53 Å². The van der Waals surface area contributed by atoms with Crippen molar-refractivity contribution in [1.82, 2.24) is 20.2 Å². The maximum atomic E-state index is 11.7. The Morgan fingerprint density at radius 3 is 3.20 bits per heavy atom. The second-order valence-corrected chi connectivity index (χ2v) is 4.34. The minimum Gasteiger partial charge on any atom is -0.381 e. The highest BCUT2D eigenvalue weighted by atomic mass is 32.2. The van der Waals surface area contributed by atoms with Crippen molar-refractivity contribution in [2.75, 3.05) is 19.0 Å². The smallest absolute Gasteiger partial charge is 0.209 e. The Hall–Kier alpha value is -0.950. The van der Waals surface area contributed by atoms with Gasteiger partial charge >= 0.3 is 0 Å². The summed E-state index contributed by atoms with van der Waals surface area (Å²) in [5.41, 5.74) is 0. The van der Waals surface area contributed by atoms with Crippen LogP contribution in [0.5, 0.6) is 0 Å². The first kappa shape index (κ1) is 10.6. The Labute approximate surface area is 91.4 Å². The van der Waals surface area contributed by atoms with E-state index in [9.17, 15) is 4.79 Å². The molecule has 0 bridgehead atoms. The topological polar surface area (TPSA) is 69.9 Å². The van der Waals surface area contributed by atoms with Gasteiger partial charge in [-0.05, 0) is 16.8 Å². The van der Waals surface area contributed by atoms with Crippen LogP contribution in [0.2, 0.25) is 0 Å². The van der Waals surface area contributed by atoms with Gasteiger partial charge in [0.2, 0.25) is 5.16 Å². The third-order valence-electron chi connectivity index (χ3n) is 2.31. The predicted octanol–water partition coefficient (Wildman–Crippen LogP) is -0.0922. The fraction of sp³-hybridized carbons (Fsp3) is 0.750. The normalized spacial score (nSPS) is 20.7. The maximum absolute atomic E-state index is 11.7. The highest BCUT2D eigenvalue weighted by Crippen LogP contribution is 2.19. The highest BCUT2D eigenvalue weighted by Gasteiger charge is 2.23. The molecular formula is C8H12N4O2S. The first-order valence-corrected chi connectivity index (χ1v) is 5.71. The zero-order chi connectivity index (χ0) is 10.7. The van der Waals surface area contributed by atoms with Gasteiger partial charge in [0.15, 0.2) is 0 Å². The second-order valence-electron chi connectivity index (χ2n) is 3.40. The molecule has 1 aromatic rings. The van der Waals surface area contributed by atoms with Gasteiger partial charge in [0.25, 0.3) is 0 Å². The summed E-state index contributed by atoms with van der Waals surface area (Å²) in [6.45, 7) is 1.27. The van der Waals surface area contributed by atoms with Gasteiger partial charge < -0.3 is 4.74 Å². The van der Waals surface area contributed by atoms with Gasteiger partial charge in [-0.3, -0.25) is 4.79 Å². The van der Waals surface area contributed by atoms with Crippen LogP contribution < -0.4 is 0 Å². The number of nitrogens with zero attached hydrogens (tertiary/aromatic N) is 4. The van der Waals surface area contributed by atoms with Crippen LogP contribution in [0.25, 0.3) is 0 Å². The molecule has 0 N–H and O–H groups in total. The predicted molar refractivity (Wildman–Crippen MR) is 53.5 cm³/mol. The molecule has 15 heavy (non-hydrogen) atoms. The maximum Gasteiger partial charge on any atom is 0.209 e. The molecule has 1 aliphatic rings. The number of tetrazole rings is 1. The van der Waals surface area contributed by atoms with Gasteiger partial charge in [-0.2, -0.15) is 0 Å². The molecule has 0 aromatic carbocycles. The molecule has 2 heterocycles. The van der Waals surface area contributed by atoms with E-state index in [2.05, 4.69) is 15.5 Å². The molecule has 1 saturated heterocycles. The van der Waals surface area contributed by atoms with Gasteiger partial charge in [-0.1, -0.05) is 11.8 Å². The number of ketones is 1. The molecule has 1 unspecified atom stereocenters. The van der Waals surface area contributed by atoms with E-state index in [4.69, 9.17) is 4.74 Å². The average Bonchev–Trinajstić information content (AvgIpc) is 2.85. The Balaban J connectivity index is 1.83. The molecular weight excluding hydrogens is 216 g/mol. The number of ether oxygens (including phenoxy) is 1. The summed E-state index contributed by atoms with van der Waals surface area (Å²) in [6, 6.07) is 0. The molecule has 0 amide bonds. The van der Waals surface area contributed by atoms with Gasteiger partial charge in [0.1, 0.15) is 5.78 Å². The number of hydrogen-bond acceptors (Lipinski definition) is 6. The van der Waals surface area contributed by atoms with Crippen LogP contribution in [-0.2, 0) is 16.6 Å². The first-order chi connectivity index (χ1) is 7.27. The summed E-state index contributed by atoms with van der Waals surface area (Å²) in [7, 11) is 1.76. The molecule has 1 aromatic heterocycles. The van der Waals surface area contributed by atoms with Gasteiger partial charge in [-0.15, -0.1) is 5.10 Å². The lowest BCUT2D eigenvalue weighted by molar-refractivity contribution is -0.120. The van der Waals surface area contributed by atoms with E-state index in [1.54, 1.807) is 11.7 Å². The minimum atomic E-state index is 0.0682. The Morgan fingerprint density at radius 1 is 1.73 bits per heavy atom. The third-order valence-corrected chi connectivity index (χ3v) is 3.34. The summed E-state index contributed by atoms with van der Waals surface area (Å²) in [6.07, 6.45) is 0.844. The molecule has 2 rings (SSSR count). The largest absolute Gasteiger partial charge is 0.381 e. The number of rotatable bonds is 4. The van der Waals surface area contributed by atoms with Crippen molar-refractivity contribution in [3.8, 4) is 0 Å². The summed E-state index contributed by atoms with van der Waals surface area (Å²) >= 11 is 1.37. The van der Waals surface area contributed by atoms with Crippen molar-refractivity contribution in [1.29, 1.82) is 0 Å². The minimum absolute atomic E-state index is 0.0682. The van der Waals surface area contributed by atoms with Crippen LogP contribution >= 0.6 is 11.8 Å². The van der Waals surface area contributed by atoms with Gasteiger partial charge in [0, 0.05) is 19.6 Å². The number of carbonyl (C=O) groups is 1. The van der Waals surface area contributed by atoms with E-state index in [0.717, 1.165) is 6.42 Å². The lowest BCUT2D eigenvalue weighted by atomic mass is 10.1. The molecule has 1 fully saturated rings. The number of carbonyl (C=O) groups excluding carboxylic acids is 1. The molecule has 7 heteroatoms. The number of aromatic nitrogens is 4. The molecule has 1 atom stereocenters. The molecule has 1 aliphatic heterocycles. The summed E-state index contributed by atoms with van der Waals surface area (Å²) in [5.74, 6) is 0.710. The summed E-state index contributed by atoms with van der Waals surface area (Å²) in [5, 5.41) is 11.7. The van der Waals surface area contributed by atoms with E-state index >= 15 is 0 Å². The zero-order valence-corrected chi connectivity index (χ0v) is 9.24. The SMILES string of the molecule is Cn1nnnc1SCC(=O)C1CCOC1. The van der Waals surface area contributed by atoms with Crippen LogP contribution in [0.15, 0.2) is 5.16 Å². The van der Waals surface area contributed by atoms with Crippen LogP contribution in [0.1, 0.15) is 6.42 Å². The van der Waals surface area contributed by atoms with Gasteiger partial charge in [-0.25, -0.2) is 4.68 Å². The van der Waals surface area contributed by atoms with E-state index in [1.807, 2.05) is 0 Å². The lowest BCUT2D eigenvalue weighted by Gasteiger charge is -2.04. The highest BCUT2D eigenvalue weighted by molar-refractivity contribution is 7.99. The van der Waals surface area contributed by atoms with E-state index in [1.165, 1.54) is 11.8 Å². The zero-order valence-electron chi connectivity index (χ0n) is 8.42. The Bertz CT molecular complexity index is 348. The van der Waals surface area contributed by atoms with Crippen LogP contribution in [0.4, 0.5) is 0 Å². The molecule has 0 spiro atoms. The number of aryl methyl sites for hydroxylation is 1. The summed E-state index contributed by atoms with van der Waals surface area (Å²) in [4.78, 5) is 11.7. The molecule has 82 valence electrons. The number of hydrogen-bond donors (Lipinski definition) is 0. The average molecular weight is 228 g/mol.